The molecule has 4 rings (SSSR count). The van der Waals surface area contributed by atoms with Crippen LogP contribution < -0.4 is 31.9 Å². The molecule has 0 spiro atoms. The van der Waals surface area contributed by atoms with Crippen LogP contribution in [-0.4, -0.2) is 203 Å². The number of imide groups is 1. The number of aliphatic hydroxyl groups excluding tert-OH is 1. The number of nitrogens with one attached hydrogen (secondary N) is 6. The summed E-state index contributed by atoms with van der Waals surface area (Å²) in [5.41, 5.74) is 1.36. The number of aliphatic hydroxyl groups is 1. The third kappa shape index (κ3) is 21.4. The van der Waals surface area contributed by atoms with Gasteiger partial charge in [0.15, 0.2) is 0 Å². The van der Waals surface area contributed by atoms with Crippen molar-refractivity contribution >= 4 is 76.8 Å². The smallest absolute Gasteiger partial charge is 0.410 e. The highest BCUT2D eigenvalue weighted by atomic mass is 16.6. The van der Waals surface area contributed by atoms with E-state index >= 15 is 0 Å². The number of carboxylic acid groups (broad SMARTS) is 1. The van der Waals surface area contributed by atoms with Gasteiger partial charge in [0.2, 0.25) is 47.3 Å². The number of hydrogen-bond acceptors (Lipinski definition) is 16. The summed E-state index contributed by atoms with van der Waals surface area (Å²) in [6.45, 7) is 17.0. The molecule has 27 heteroatoms. The zero-order chi connectivity index (χ0) is 68.8. The number of ether oxygens (including phenoxy) is 3. The maximum atomic E-state index is 14.8. The van der Waals surface area contributed by atoms with Crippen LogP contribution >= 0.6 is 0 Å². The number of nitrogens with zero attached hydrogens (tertiary/aromatic N) is 4. The van der Waals surface area contributed by atoms with Gasteiger partial charge in [0.1, 0.15) is 36.8 Å². The summed E-state index contributed by atoms with van der Waals surface area (Å²) >= 11 is 0. The Hall–Kier alpha value is -8.30. The van der Waals surface area contributed by atoms with E-state index < -0.39 is 150 Å². The number of rotatable bonds is 35. The Morgan fingerprint density at radius 1 is 0.696 bits per heavy atom. The molecule has 1 saturated heterocycles. The summed E-state index contributed by atoms with van der Waals surface area (Å²) in [5.74, 6) is -8.87. The van der Waals surface area contributed by atoms with Crippen molar-refractivity contribution in [2.75, 3.05) is 46.7 Å². The average Bonchev–Trinajstić information content (AvgIpc) is 1.29. The maximum absolute atomic E-state index is 14.8. The van der Waals surface area contributed by atoms with E-state index in [1.165, 1.54) is 52.1 Å². The van der Waals surface area contributed by atoms with Crippen LogP contribution in [0.3, 0.4) is 0 Å². The molecule has 2 aliphatic rings. The Bertz CT molecular complexity index is 2910. The number of anilines is 1. The second-order valence-corrected chi connectivity index (χ2v) is 24.4. The molecule has 0 bridgehead atoms. The van der Waals surface area contributed by atoms with Crippen molar-refractivity contribution in [3.8, 4) is 0 Å². The molecule has 2 aliphatic heterocycles. The highest BCUT2D eigenvalue weighted by Gasteiger charge is 2.44. The van der Waals surface area contributed by atoms with Crippen molar-refractivity contribution in [3.05, 3.63) is 77.9 Å². The molecule has 0 aromatic heterocycles. The Labute approximate surface area is 538 Å². The van der Waals surface area contributed by atoms with Crippen LogP contribution in [0.4, 0.5) is 10.5 Å². The van der Waals surface area contributed by atoms with Crippen molar-refractivity contribution in [3.63, 3.8) is 0 Å². The molecular formula is C65H96N10O17. The molecule has 0 saturated carbocycles. The van der Waals surface area contributed by atoms with Crippen molar-refractivity contribution < 1.29 is 82.0 Å². The molecule has 2 heterocycles. The first-order valence-electron chi connectivity index (χ1n) is 31.3. The largest absolute Gasteiger partial charge is 0.481 e. The molecule has 11 amide bonds. The van der Waals surface area contributed by atoms with Gasteiger partial charge in [0, 0.05) is 72.1 Å². The van der Waals surface area contributed by atoms with Crippen molar-refractivity contribution in [2.24, 2.45) is 23.7 Å². The van der Waals surface area contributed by atoms with Crippen LogP contribution in [0.15, 0.2) is 66.7 Å². The average molecular weight is 1290 g/mol. The lowest BCUT2D eigenvalue weighted by atomic mass is 9.89. The van der Waals surface area contributed by atoms with Gasteiger partial charge in [-0.3, -0.25) is 62.5 Å². The van der Waals surface area contributed by atoms with Gasteiger partial charge in [0.25, 0.3) is 11.8 Å². The first-order valence-corrected chi connectivity index (χ1v) is 31.3. The highest BCUT2D eigenvalue weighted by Crippen LogP contribution is 2.30. The van der Waals surface area contributed by atoms with E-state index in [4.69, 9.17) is 14.2 Å². The number of carboxylic acids is 1. The van der Waals surface area contributed by atoms with Gasteiger partial charge in [-0.1, -0.05) is 97.4 Å². The molecule has 508 valence electrons. The number of carbonyl (C=O) groups is 12. The third-order valence-corrected chi connectivity index (χ3v) is 16.9. The fourth-order valence-corrected chi connectivity index (χ4v) is 11.3. The van der Waals surface area contributed by atoms with Crippen molar-refractivity contribution in [1.29, 1.82) is 0 Å². The lowest BCUT2D eigenvalue weighted by Crippen LogP contribution is -2.60. The predicted octanol–water partition coefficient (Wildman–Crippen LogP) is 3.19. The number of likely N-dealkylation sites (N-methyl/N-ethyl adjacent to an activating group) is 2. The molecule has 0 aliphatic carbocycles. The molecule has 0 unspecified atom stereocenters. The second-order valence-electron chi connectivity index (χ2n) is 24.4. The van der Waals surface area contributed by atoms with Gasteiger partial charge >= 0.3 is 12.1 Å². The molecule has 27 nitrogen and oxygen atoms in total. The summed E-state index contributed by atoms with van der Waals surface area (Å²) in [4.78, 5) is 163. The van der Waals surface area contributed by atoms with Crippen molar-refractivity contribution in [2.45, 2.75) is 187 Å². The number of amides is 11. The van der Waals surface area contributed by atoms with E-state index in [0.717, 1.165) is 22.0 Å². The second kappa shape index (κ2) is 36.1. The normalized spacial score (nSPS) is 17.8. The summed E-state index contributed by atoms with van der Waals surface area (Å²) < 4.78 is 17.7. The maximum Gasteiger partial charge on any atom is 0.410 e. The molecule has 0 radical (unpaired) electrons. The Morgan fingerprint density at radius 2 is 1.30 bits per heavy atom. The van der Waals surface area contributed by atoms with Gasteiger partial charge in [-0.05, 0) is 81.0 Å². The van der Waals surface area contributed by atoms with E-state index in [9.17, 15) is 67.7 Å². The minimum absolute atomic E-state index is 0.104. The lowest BCUT2D eigenvalue weighted by molar-refractivity contribution is -0.148. The van der Waals surface area contributed by atoms with Gasteiger partial charge in [-0.25, -0.2) is 4.79 Å². The van der Waals surface area contributed by atoms with E-state index in [0.29, 0.717) is 36.9 Å². The zero-order valence-corrected chi connectivity index (χ0v) is 55.4. The van der Waals surface area contributed by atoms with Crippen LogP contribution in [-0.2, 0) is 73.6 Å². The Kier molecular flexibility index (Phi) is 29.9. The van der Waals surface area contributed by atoms with Gasteiger partial charge in [-0.2, -0.15) is 0 Å². The molecular weight excluding hydrogens is 1190 g/mol. The minimum atomic E-state index is -1.38. The number of methoxy groups -OCH3 is 2. The monoisotopic (exact) mass is 1290 g/mol. The minimum Gasteiger partial charge on any atom is -0.481 e. The van der Waals surface area contributed by atoms with E-state index in [-0.39, 0.29) is 55.8 Å². The van der Waals surface area contributed by atoms with E-state index in [1.54, 1.807) is 77.8 Å². The Balaban J connectivity index is 1.35. The predicted molar refractivity (Wildman–Crippen MR) is 338 cm³/mol. The summed E-state index contributed by atoms with van der Waals surface area (Å²) in [6.07, 6.45) is -0.489. The molecule has 2 aromatic rings. The fourth-order valence-electron chi connectivity index (χ4n) is 11.3. The van der Waals surface area contributed by atoms with Crippen molar-refractivity contribution in [1.82, 2.24) is 46.2 Å². The SMILES string of the molecule is CC[C@H](C)[C@@H]([C@@H](CC(=O)N1CCC[C@H]1[C@H](OC)[C@@H](C)C(=O)N[C@H](C)[C@@H](O)c1ccccc1)OC)N(C)C(=O)[C@@H](NC(=O)[C@H](C(C)C)N(C)C(=O)OCc1ccc(NC(=O)[C@H](CCC(=O)O)NC(=O)[C@H](C)NC(=O)[C@@H](C)NC(=O)CCN2C(=O)C=CC2=O)cc1)C(C)C. The molecule has 1 fully saturated rings. The molecule has 2 aromatic carbocycles. The Morgan fingerprint density at radius 3 is 1.87 bits per heavy atom. The summed E-state index contributed by atoms with van der Waals surface area (Å²) in [6, 6.07) is 7.38. The van der Waals surface area contributed by atoms with Crippen LogP contribution in [0, 0.1) is 23.7 Å². The zero-order valence-electron chi connectivity index (χ0n) is 55.4. The van der Waals surface area contributed by atoms with Crippen LogP contribution in [0.1, 0.15) is 131 Å². The van der Waals surface area contributed by atoms with Gasteiger partial charge in [0.05, 0.1) is 48.8 Å². The standard InChI is InChI=1S/C65H96N10O17/c1-15-38(6)56(48(90-13)34-52(79)74-32-19-22-47(74)58(91-14)39(7)59(83)67-40(8)57(82)44-20-17-16-18-21-44)72(11)64(88)54(36(2)3)71-63(87)55(37(4)5)73(12)65(89)92-35-43-23-25-45(26-24-43)69-62(86)46(27-30-53(80)81)70-61(85)42(10)68-60(84)41(9)66-49(76)31-33-75-50(77)28-29-51(75)78/h16-18,20-21,23-26,28-29,36-42,46-48,54-58,82H,15,19,22,27,30-35H2,1-14H3,(H,66,76)(H,67,83)(H,68,84)(H,69,86)(H,70,85)(H,71,87)(H,80,81)/t38-,39+,40+,41+,42-,46-,47-,48+,54-,55-,56-,57+,58+/m0/s1. The van der Waals surface area contributed by atoms with Crippen LogP contribution in [0.25, 0.3) is 0 Å². The van der Waals surface area contributed by atoms with Gasteiger partial charge in [-0.15, -0.1) is 0 Å². The number of carbonyl (C=O) groups excluding carboxylic acids is 11. The quantitative estimate of drug-likeness (QED) is 0.0459. The molecule has 92 heavy (non-hydrogen) atoms. The van der Waals surface area contributed by atoms with E-state index in [1.807, 2.05) is 32.0 Å². The number of hydrogen-bond donors (Lipinski definition) is 8. The lowest BCUT2D eigenvalue weighted by Gasteiger charge is -2.41. The number of benzene rings is 2. The van der Waals surface area contributed by atoms with Gasteiger partial charge < -0.3 is 66.1 Å². The fraction of sp³-hybridized carbons (Fsp3) is 0.600. The number of likely N-dealkylation sites (tertiary alicyclic amines) is 1. The third-order valence-electron chi connectivity index (χ3n) is 16.9. The highest BCUT2D eigenvalue weighted by molar-refractivity contribution is 6.13. The van der Waals surface area contributed by atoms with E-state index in [2.05, 4.69) is 31.9 Å². The first-order chi connectivity index (χ1) is 43.4. The topological polar surface area (TPSA) is 358 Å². The molecule has 13 atom stereocenters. The summed E-state index contributed by atoms with van der Waals surface area (Å²) in [7, 11) is 6.01. The van der Waals surface area contributed by atoms with Crippen LogP contribution in [0.5, 0.6) is 0 Å². The number of aliphatic carboxylic acids is 1. The molecule has 8 N–H and O–H groups in total. The van der Waals surface area contributed by atoms with Crippen LogP contribution in [0.2, 0.25) is 0 Å². The summed E-state index contributed by atoms with van der Waals surface area (Å²) in [5, 5.41) is 36.1. The first kappa shape index (κ1) is 76.2.